The Bertz CT molecular complexity index is 1010. The third-order valence-electron chi connectivity index (χ3n) is 6.21. The number of nitrogens with zero attached hydrogens (tertiary/aromatic N) is 4. The fraction of sp³-hybridized carbons (Fsp3) is 0.304. The summed E-state index contributed by atoms with van der Waals surface area (Å²) in [5, 5.41) is 7.61. The lowest BCUT2D eigenvalue weighted by molar-refractivity contribution is -0.119. The van der Waals surface area contributed by atoms with Crippen molar-refractivity contribution in [3.63, 3.8) is 0 Å². The molecule has 2 aliphatic rings. The van der Waals surface area contributed by atoms with E-state index in [1.54, 1.807) is 12.4 Å². The second kappa shape index (κ2) is 7.40. The van der Waals surface area contributed by atoms with E-state index in [0.717, 1.165) is 36.3 Å². The molecule has 7 heteroatoms. The standard InChI is InChI=1S/C23H23N5O2/c29-21-15-23(16-25-21)8-12-27(13-9-23)22(30)19-14-20(17-6-10-24-11-7-17)28(26-19)18-4-2-1-3-5-18/h1-7,10-11,14H,8-9,12-13,15-16H2,(H,25,29). The Morgan fingerprint density at radius 1 is 1.03 bits per heavy atom. The van der Waals surface area contributed by atoms with Gasteiger partial charge >= 0.3 is 0 Å². The molecule has 30 heavy (non-hydrogen) atoms. The molecule has 2 saturated heterocycles. The average Bonchev–Trinajstić information content (AvgIpc) is 3.39. The topological polar surface area (TPSA) is 80.1 Å². The number of aromatic nitrogens is 3. The summed E-state index contributed by atoms with van der Waals surface area (Å²) in [4.78, 5) is 30.9. The van der Waals surface area contributed by atoms with E-state index in [9.17, 15) is 9.59 Å². The number of pyridine rings is 1. The van der Waals surface area contributed by atoms with Crippen molar-refractivity contribution in [2.24, 2.45) is 5.41 Å². The summed E-state index contributed by atoms with van der Waals surface area (Å²) in [5.41, 5.74) is 3.15. The Balaban J connectivity index is 1.43. The maximum absolute atomic E-state index is 13.3. The number of amides is 2. The van der Waals surface area contributed by atoms with Crippen LogP contribution in [0, 0.1) is 5.41 Å². The zero-order valence-corrected chi connectivity index (χ0v) is 16.6. The summed E-state index contributed by atoms with van der Waals surface area (Å²) in [6, 6.07) is 15.5. The lowest BCUT2D eigenvalue weighted by Gasteiger charge is -2.37. The molecule has 2 aliphatic heterocycles. The molecule has 1 N–H and O–H groups in total. The summed E-state index contributed by atoms with van der Waals surface area (Å²) < 4.78 is 1.81. The van der Waals surface area contributed by atoms with Gasteiger partial charge in [-0.2, -0.15) is 5.10 Å². The van der Waals surface area contributed by atoms with Crippen molar-refractivity contribution in [3.05, 3.63) is 66.6 Å². The van der Waals surface area contributed by atoms with E-state index < -0.39 is 0 Å². The fourth-order valence-electron chi connectivity index (χ4n) is 4.43. The zero-order chi connectivity index (χ0) is 20.6. The number of nitrogens with one attached hydrogen (secondary N) is 1. The molecule has 7 nitrogen and oxygen atoms in total. The molecule has 1 spiro atoms. The van der Waals surface area contributed by atoms with Gasteiger partial charge in [0.1, 0.15) is 0 Å². The molecule has 2 aromatic heterocycles. The molecule has 0 radical (unpaired) electrons. The molecule has 5 rings (SSSR count). The Morgan fingerprint density at radius 3 is 2.43 bits per heavy atom. The molecule has 4 heterocycles. The molecule has 0 saturated carbocycles. The Morgan fingerprint density at radius 2 is 1.77 bits per heavy atom. The van der Waals surface area contributed by atoms with Gasteiger partial charge < -0.3 is 10.2 Å². The summed E-state index contributed by atoms with van der Waals surface area (Å²) in [6.45, 7) is 2.02. The maximum Gasteiger partial charge on any atom is 0.274 e. The van der Waals surface area contributed by atoms with Gasteiger partial charge in [0.05, 0.1) is 11.4 Å². The molecule has 0 atom stereocenters. The minimum atomic E-state index is -0.0629. The van der Waals surface area contributed by atoms with Gasteiger partial charge in [-0.3, -0.25) is 14.6 Å². The predicted molar refractivity (Wildman–Crippen MR) is 112 cm³/mol. The maximum atomic E-state index is 13.3. The first-order valence-electron chi connectivity index (χ1n) is 10.3. The van der Waals surface area contributed by atoms with Crippen LogP contribution in [0.1, 0.15) is 29.8 Å². The van der Waals surface area contributed by atoms with Gasteiger partial charge in [-0.1, -0.05) is 18.2 Å². The Hall–Kier alpha value is -3.48. The van der Waals surface area contributed by atoms with Crippen molar-refractivity contribution < 1.29 is 9.59 Å². The summed E-state index contributed by atoms with van der Waals surface area (Å²) in [7, 11) is 0. The third-order valence-corrected chi connectivity index (χ3v) is 6.21. The smallest absolute Gasteiger partial charge is 0.274 e. The van der Waals surface area contributed by atoms with Crippen LogP contribution in [0.4, 0.5) is 0 Å². The van der Waals surface area contributed by atoms with Crippen LogP contribution in [0.25, 0.3) is 16.9 Å². The van der Waals surface area contributed by atoms with E-state index in [0.29, 0.717) is 25.2 Å². The van der Waals surface area contributed by atoms with Crippen molar-refractivity contribution in [3.8, 4) is 16.9 Å². The molecule has 2 fully saturated rings. The highest BCUT2D eigenvalue weighted by atomic mass is 16.2. The number of hydrogen-bond acceptors (Lipinski definition) is 4. The fourth-order valence-corrected chi connectivity index (χ4v) is 4.43. The minimum Gasteiger partial charge on any atom is -0.356 e. The van der Waals surface area contributed by atoms with Gasteiger partial charge in [0.2, 0.25) is 5.91 Å². The number of para-hydroxylation sites is 1. The number of rotatable bonds is 3. The van der Waals surface area contributed by atoms with E-state index in [2.05, 4.69) is 15.4 Å². The molecule has 1 aromatic carbocycles. The van der Waals surface area contributed by atoms with Gasteiger partial charge in [-0.15, -0.1) is 0 Å². The van der Waals surface area contributed by atoms with Crippen molar-refractivity contribution in [2.75, 3.05) is 19.6 Å². The first-order chi connectivity index (χ1) is 14.6. The van der Waals surface area contributed by atoms with Crippen molar-refractivity contribution in [1.29, 1.82) is 0 Å². The molecule has 0 aliphatic carbocycles. The van der Waals surface area contributed by atoms with Gasteiger partial charge in [0, 0.05) is 44.0 Å². The number of carbonyl (C=O) groups is 2. The quantitative estimate of drug-likeness (QED) is 0.732. The molecule has 0 unspecified atom stereocenters. The Kier molecular flexibility index (Phi) is 4.58. The second-order valence-corrected chi connectivity index (χ2v) is 8.14. The summed E-state index contributed by atoms with van der Waals surface area (Å²) in [5.74, 6) is 0.0606. The Labute approximate surface area is 174 Å². The molecule has 152 valence electrons. The van der Waals surface area contributed by atoms with E-state index in [4.69, 9.17) is 0 Å². The van der Waals surface area contributed by atoms with E-state index >= 15 is 0 Å². The van der Waals surface area contributed by atoms with E-state index in [-0.39, 0.29) is 17.2 Å². The van der Waals surface area contributed by atoms with Crippen molar-refractivity contribution in [2.45, 2.75) is 19.3 Å². The van der Waals surface area contributed by atoms with Crippen LogP contribution in [0.2, 0.25) is 0 Å². The van der Waals surface area contributed by atoms with Gasteiger partial charge in [-0.25, -0.2) is 4.68 Å². The molecular weight excluding hydrogens is 378 g/mol. The summed E-state index contributed by atoms with van der Waals surface area (Å²) >= 11 is 0. The predicted octanol–water partition coefficient (Wildman–Crippen LogP) is 2.68. The van der Waals surface area contributed by atoms with Gasteiger partial charge in [0.25, 0.3) is 5.91 Å². The van der Waals surface area contributed by atoms with Crippen LogP contribution in [0.3, 0.4) is 0 Å². The highest BCUT2D eigenvalue weighted by molar-refractivity contribution is 5.93. The molecule has 3 aromatic rings. The number of benzene rings is 1. The van der Waals surface area contributed by atoms with Crippen LogP contribution in [0.15, 0.2) is 60.9 Å². The first-order valence-corrected chi connectivity index (χ1v) is 10.3. The summed E-state index contributed by atoms with van der Waals surface area (Å²) in [6.07, 6.45) is 5.73. The highest BCUT2D eigenvalue weighted by Crippen LogP contribution is 2.37. The molecule has 2 amide bonds. The van der Waals surface area contributed by atoms with Crippen molar-refractivity contribution in [1.82, 2.24) is 25.0 Å². The van der Waals surface area contributed by atoms with E-state index in [1.165, 1.54) is 0 Å². The van der Waals surface area contributed by atoms with Crippen LogP contribution in [0.5, 0.6) is 0 Å². The minimum absolute atomic E-state index is 0.0134. The second-order valence-electron chi connectivity index (χ2n) is 8.14. The lowest BCUT2D eigenvalue weighted by Crippen LogP contribution is -2.44. The van der Waals surface area contributed by atoms with Crippen molar-refractivity contribution >= 4 is 11.8 Å². The number of likely N-dealkylation sites (tertiary alicyclic amines) is 1. The number of hydrogen-bond donors (Lipinski definition) is 1. The van der Waals surface area contributed by atoms with E-state index in [1.807, 2.05) is 58.1 Å². The highest BCUT2D eigenvalue weighted by Gasteiger charge is 2.42. The molecule has 0 bridgehead atoms. The third kappa shape index (κ3) is 3.36. The normalized spacial score (nSPS) is 17.9. The first kappa shape index (κ1) is 18.5. The largest absolute Gasteiger partial charge is 0.356 e. The van der Waals surface area contributed by atoms with Gasteiger partial charge in [0.15, 0.2) is 5.69 Å². The van der Waals surface area contributed by atoms with Crippen LogP contribution in [-0.2, 0) is 4.79 Å². The van der Waals surface area contributed by atoms with Crippen LogP contribution in [-0.4, -0.2) is 51.1 Å². The van der Waals surface area contributed by atoms with Gasteiger partial charge in [-0.05, 0) is 48.6 Å². The number of carbonyl (C=O) groups excluding carboxylic acids is 2. The zero-order valence-electron chi connectivity index (χ0n) is 16.6. The lowest BCUT2D eigenvalue weighted by atomic mass is 9.77. The molecular formula is C23H23N5O2. The number of piperidine rings is 1. The SMILES string of the molecule is O=C1CC2(CCN(C(=O)c3cc(-c4ccncc4)n(-c4ccccc4)n3)CC2)CN1. The van der Waals surface area contributed by atoms with Crippen LogP contribution >= 0.6 is 0 Å². The van der Waals surface area contributed by atoms with Crippen LogP contribution < -0.4 is 5.32 Å². The monoisotopic (exact) mass is 401 g/mol. The average molecular weight is 401 g/mol.